The standard InChI is InChI=1S/C28H30FN5O2/c1-16(2)36-28(35)34-13-11-21(12-14-34)32-27-31-18(4)22-15-20(8-10-24(22)33-27)25-23(29)9-7-19-6-5-17(3)30-26(19)25/h5-10,15-16,21H,11-14H2,1-4H3,(H,31,32,33). The molecule has 8 heteroatoms. The maximum absolute atomic E-state index is 15.0. The highest BCUT2D eigenvalue weighted by Crippen LogP contribution is 2.33. The molecule has 2 aromatic carbocycles. The Bertz CT molecular complexity index is 1440. The molecule has 0 bridgehead atoms. The summed E-state index contributed by atoms with van der Waals surface area (Å²) in [5, 5.41) is 5.19. The largest absolute Gasteiger partial charge is 0.447 e. The third-order valence-corrected chi connectivity index (χ3v) is 6.55. The second-order valence-electron chi connectivity index (χ2n) is 9.65. The Kier molecular flexibility index (Phi) is 6.43. The van der Waals surface area contributed by atoms with Crippen molar-refractivity contribution in [2.45, 2.75) is 52.7 Å². The monoisotopic (exact) mass is 487 g/mol. The normalized spacial score (nSPS) is 14.6. The molecule has 1 amide bonds. The van der Waals surface area contributed by atoms with Crippen LogP contribution in [0.5, 0.6) is 0 Å². The number of piperidine rings is 1. The quantitative estimate of drug-likeness (QED) is 0.379. The number of anilines is 1. The van der Waals surface area contributed by atoms with Crippen molar-refractivity contribution in [2.24, 2.45) is 0 Å². The van der Waals surface area contributed by atoms with Crippen molar-refractivity contribution >= 4 is 33.8 Å². The fourth-order valence-electron chi connectivity index (χ4n) is 4.70. The summed E-state index contributed by atoms with van der Waals surface area (Å²) in [6.45, 7) is 8.80. The molecule has 1 N–H and O–H groups in total. The number of benzene rings is 2. The molecule has 0 atom stereocenters. The molecular weight excluding hydrogens is 457 g/mol. The van der Waals surface area contributed by atoms with E-state index in [1.54, 1.807) is 11.0 Å². The van der Waals surface area contributed by atoms with E-state index in [9.17, 15) is 9.18 Å². The van der Waals surface area contributed by atoms with Crippen LogP contribution in [0.3, 0.4) is 0 Å². The van der Waals surface area contributed by atoms with Gasteiger partial charge in [-0.15, -0.1) is 0 Å². The van der Waals surface area contributed by atoms with Crippen molar-refractivity contribution in [2.75, 3.05) is 18.4 Å². The fraction of sp³-hybridized carbons (Fsp3) is 0.357. The molecule has 1 saturated heterocycles. The molecule has 0 radical (unpaired) electrons. The summed E-state index contributed by atoms with van der Waals surface area (Å²) in [4.78, 5) is 27.9. The number of hydrogen-bond donors (Lipinski definition) is 1. The van der Waals surface area contributed by atoms with Gasteiger partial charge in [0.15, 0.2) is 0 Å². The molecular formula is C28H30FN5O2. The molecule has 1 aliphatic rings. The number of ether oxygens (including phenoxy) is 1. The number of nitrogens with one attached hydrogen (secondary N) is 1. The highest BCUT2D eigenvalue weighted by atomic mass is 19.1. The van der Waals surface area contributed by atoms with E-state index in [2.05, 4.69) is 15.3 Å². The van der Waals surface area contributed by atoms with Gasteiger partial charge in [-0.2, -0.15) is 0 Å². The number of likely N-dealkylation sites (tertiary alicyclic amines) is 1. The first-order chi connectivity index (χ1) is 17.3. The Morgan fingerprint density at radius 1 is 1.06 bits per heavy atom. The number of aryl methyl sites for hydroxylation is 2. The number of carbonyl (C=O) groups excluding carboxylic acids is 1. The van der Waals surface area contributed by atoms with Crippen LogP contribution in [0.4, 0.5) is 15.1 Å². The summed E-state index contributed by atoms with van der Waals surface area (Å²) in [5.41, 5.74) is 4.32. The summed E-state index contributed by atoms with van der Waals surface area (Å²) in [7, 11) is 0. The highest BCUT2D eigenvalue weighted by Gasteiger charge is 2.25. The molecule has 0 unspecified atom stereocenters. The minimum atomic E-state index is -0.305. The van der Waals surface area contributed by atoms with Gasteiger partial charge in [-0.1, -0.05) is 12.1 Å². The van der Waals surface area contributed by atoms with Crippen LogP contribution in [0.1, 0.15) is 38.1 Å². The van der Waals surface area contributed by atoms with Gasteiger partial charge in [-0.25, -0.2) is 19.2 Å². The molecule has 1 aliphatic heterocycles. The van der Waals surface area contributed by atoms with E-state index in [1.165, 1.54) is 6.07 Å². The minimum Gasteiger partial charge on any atom is -0.447 e. The van der Waals surface area contributed by atoms with Crippen LogP contribution in [0.2, 0.25) is 0 Å². The van der Waals surface area contributed by atoms with Gasteiger partial charge in [0.2, 0.25) is 5.95 Å². The van der Waals surface area contributed by atoms with E-state index in [1.807, 2.05) is 58.0 Å². The van der Waals surface area contributed by atoms with Crippen molar-refractivity contribution in [3.8, 4) is 11.1 Å². The molecule has 3 heterocycles. The van der Waals surface area contributed by atoms with Gasteiger partial charge in [0, 0.05) is 41.2 Å². The van der Waals surface area contributed by atoms with Gasteiger partial charge >= 0.3 is 6.09 Å². The number of rotatable bonds is 4. The number of carbonyl (C=O) groups is 1. The Labute approximate surface area is 209 Å². The van der Waals surface area contributed by atoms with Crippen LogP contribution in [-0.4, -0.2) is 51.2 Å². The first-order valence-electron chi connectivity index (χ1n) is 12.3. The zero-order valence-electron chi connectivity index (χ0n) is 21.0. The lowest BCUT2D eigenvalue weighted by Crippen LogP contribution is -2.43. The Morgan fingerprint density at radius 2 is 1.81 bits per heavy atom. The molecule has 36 heavy (non-hydrogen) atoms. The smallest absolute Gasteiger partial charge is 0.410 e. The molecule has 0 spiro atoms. The first-order valence-corrected chi connectivity index (χ1v) is 12.3. The topological polar surface area (TPSA) is 80.2 Å². The maximum atomic E-state index is 15.0. The van der Waals surface area contributed by atoms with E-state index in [4.69, 9.17) is 9.72 Å². The molecule has 7 nitrogen and oxygen atoms in total. The van der Waals surface area contributed by atoms with E-state index in [0.29, 0.717) is 30.1 Å². The number of fused-ring (bicyclic) bond motifs is 2. The number of hydrogen-bond acceptors (Lipinski definition) is 6. The van der Waals surface area contributed by atoms with E-state index in [-0.39, 0.29) is 24.1 Å². The first kappa shape index (κ1) is 23.9. The minimum absolute atomic E-state index is 0.125. The number of nitrogens with zero attached hydrogens (tertiary/aromatic N) is 4. The highest BCUT2D eigenvalue weighted by molar-refractivity contribution is 5.97. The van der Waals surface area contributed by atoms with Crippen LogP contribution < -0.4 is 5.32 Å². The SMILES string of the molecule is Cc1ccc2ccc(F)c(-c3ccc4nc(NC5CCN(C(=O)OC(C)C)CC5)nc(C)c4c3)c2n1. The van der Waals surface area contributed by atoms with Gasteiger partial charge in [-0.3, -0.25) is 4.98 Å². The maximum Gasteiger partial charge on any atom is 0.410 e. The summed E-state index contributed by atoms with van der Waals surface area (Å²) < 4.78 is 20.3. The van der Waals surface area contributed by atoms with Crippen LogP contribution in [0.25, 0.3) is 32.9 Å². The van der Waals surface area contributed by atoms with Crippen molar-refractivity contribution in [3.05, 3.63) is 59.7 Å². The van der Waals surface area contributed by atoms with Gasteiger partial charge in [0.25, 0.3) is 0 Å². The van der Waals surface area contributed by atoms with E-state index < -0.39 is 0 Å². The van der Waals surface area contributed by atoms with Gasteiger partial charge in [0.1, 0.15) is 5.82 Å². The van der Waals surface area contributed by atoms with E-state index >= 15 is 0 Å². The summed E-state index contributed by atoms with van der Waals surface area (Å²) in [5.74, 6) is 0.255. The lowest BCUT2D eigenvalue weighted by molar-refractivity contribution is 0.0701. The Morgan fingerprint density at radius 3 is 2.56 bits per heavy atom. The van der Waals surface area contributed by atoms with Crippen LogP contribution in [0.15, 0.2) is 42.5 Å². The Balaban J connectivity index is 1.38. The van der Waals surface area contributed by atoms with E-state index in [0.717, 1.165) is 46.1 Å². The third-order valence-electron chi connectivity index (χ3n) is 6.55. The molecule has 186 valence electrons. The van der Waals surface area contributed by atoms with Crippen LogP contribution in [-0.2, 0) is 4.74 Å². The number of aromatic nitrogens is 3. The zero-order chi connectivity index (χ0) is 25.4. The molecule has 5 rings (SSSR count). The molecule has 0 aliphatic carbocycles. The van der Waals surface area contributed by atoms with Gasteiger partial charge < -0.3 is 15.0 Å². The molecule has 2 aromatic heterocycles. The second kappa shape index (κ2) is 9.68. The zero-order valence-corrected chi connectivity index (χ0v) is 21.0. The Hall–Kier alpha value is -3.81. The van der Waals surface area contributed by atoms with Crippen molar-refractivity contribution in [3.63, 3.8) is 0 Å². The molecule has 0 saturated carbocycles. The molecule has 4 aromatic rings. The summed E-state index contributed by atoms with van der Waals surface area (Å²) >= 11 is 0. The van der Waals surface area contributed by atoms with Gasteiger partial charge in [-0.05, 0) is 76.4 Å². The van der Waals surface area contributed by atoms with Crippen molar-refractivity contribution in [1.82, 2.24) is 19.9 Å². The predicted octanol–water partition coefficient (Wildman–Crippen LogP) is 6.02. The second-order valence-corrected chi connectivity index (χ2v) is 9.65. The number of halogens is 1. The van der Waals surface area contributed by atoms with Crippen molar-refractivity contribution < 1.29 is 13.9 Å². The van der Waals surface area contributed by atoms with Crippen molar-refractivity contribution in [1.29, 1.82) is 0 Å². The lowest BCUT2D eigenvalue weighted by atomic mass is 9.99. The predicted molar refractivity (Wildman–Crippen MR) is 140 cm³/mol. The van der Waals surface area contributed by atoms with Crippen LogP contribution >= 0.6 is 0 Å². The number of pyridine rings is 1. The average Bonchev–Trinajstić information content (AvgIpc) is 2.84. The number of amides is 1. The van der Waals surface area contributed by atoms with Crippen LogP contribution in [0, 0.1) is 19.7 Å². The molecule has 1 fully saturated rings. The fourth-order valence-corrected chi connectivity index (χ4v) is 4.70. The lowest BCUT2D eigenvalue weighted by Gasteiger charge is -2.32. The average molecular weight is 488 g/mol. The van der Waals surface area contributed by atoms with Gasteiger partial charge in [0.05, 0.1) is 22.8 Å². The third kappa shape index (κ3) is 4.80. The summed E-state index contributed by atoms with van der Waals surface area (Å²) in [6.07, 6.45) is 1.20. The summed E-state index contributed by atoms with van der Waals surface area (Å²) in [6, 6.07) is 13.0.